The van der Waals surface area contributed by atoms with Crippen molar-refractivity contribution in [1.82, 2.24) is 0 Å². The van der Waals surface area contributed by atoms with Crippen LogP contribution in [0.25, 0.3) is 0 Å². The fraction of sp³-hybridized carbons (Fsp3) is 0.462. The van der Waals surface area contributed by atoms with Crippen molar-refractivity contribution in [2.24, 2.45) is 5.92 Å². The van der Waals surface area contributed by atoms with Crippen molar-refractivity contribution in [3.8, 4) is 0 Å². The van der Waals surface area contributed by atoms with E-state index in [0.717, 1.165) is 0 Å². The van der Waals surface area contributed by atoms with Gasteiger partial charge in [-0.1, -0.05) is 30.3 Å². The van der Waals surface area contributed by atoms with E-state index in [0.29, 0.717) is 0 Å². The third-order valence-electron chi connectivity index (χ3n) is 3.52. The molecule has 98 valence electrons. The number of carboxylic acids is 1. The molecule has 0 saturated heterocycles. The largest absolute Gasteiger partial charge is 0.547 e. The van der Waals surface area contributed by atoms with Crippen LogP contribution >= 0.6 is 0 Å². The molecule has 0 heterocycles. The third kappa shape index (κ3) is 2.10. The van der Waals surface area contributed by atoms with Gasteiger partial charge in [-0.2, -0.15) is 0 Å². The molecule has 1 N–H and O–H groups in total. The Balaban J connectivity index is 2.37. The molecule has 1 fully saturated rings. The molecule has 0 bridgehead atoms. The van der Waals surface area contributed by atoms with Crippen LogP contribution in [0, 0.1) is 5.92 Å². The Bertz CT molecular complexity index is 447. The van der Waals surface area contributed by atoms with Crippen molar-refractivity contribution >= 4 is 5.97 Å². The number of carbonyl (C=O) groups excluding carboxylic acids is 1. The van der Waals surface area contributed by atoms with Gasteiger partial charge in [-0.05, 0) is 12.0 Å². The summed E-state index contributed by atoms with van der Waals surface area (Å²) >= 11 is 0. The van der Waals surface area contributed by atoms with Crippen LogP contribution in [0.1, 0.15) is 24.8 Å². The molecule has 3 nitrogen and oxygen atoms in total. The number of alkyl halides is 2. The maximum Gasteiger partial charge on any atom is 0.248 e. The van der Waals surface area contributed by atoms with Crippen LogP contribution in [0.2, 0.25) is 0 Å². The Morgan fingerprint density at radius 2 is 2.00 bits per heavy atom. The predicted octanol–water partition coefficient (Wildman–Crippen LogP) is 1.06. The first-order chi connectivity index (χ1) is 8.36. The summed E-state index contributed by atoms with van der Waals surface area (Å²) in [6, 6.07) is 7.58. The average molecular weight is 255 g/mol. The number of halogens is 2. The minimum absolute atomic E-state index is 0.0353. The second kappa shape index (κ2) is 4.31. The zero-order chi connectivity index (χ0) is 13.4. The lowest BCUT2D eigenvalue weighted by molar-refractivity contribution is -0.330. The fourth-order valence-corrected chi connectivity index (χ4v) is 2.52. The van der Waals surface area contributed by atoms with E-state index in [1.807, 2.05) is 0 Å². The summed E-state index contributed by atoms with van der Waals surface area (Å²) in [5, 5.41) is 21.5. The first-order valence-corrected chi connectivity index (χ1v) is 5.73. The monoisotopic (exact) mass is 255 g/mol. The van der Waals surface area contributed by atoms with Crippen LogP contribution in [-0.2, 0) is 10.4 Å². The van der Waals surface area contributed by atoms with E-state index in [1.54, 1.807) is 18.2 Å². The lowest BCUT2D eigenvalue weighted by Gasteiger charge is -2.35. The smallest absolute Gasteiger partial charge is 0.248 e. The zero-order valence-corrected chi connectivity index (χ0v) is 9.61. The second-order valence-corrected chi connectivity index (χ2v) is 4.72. The molecule has 2 atom stereocenters. The minimum atomic E-state index is -2.91. The van der Waals surface area contributed by atoms with Gasteiger partial charge in [0.2, 0.25) is 5.92 Å². The van der Waals surface area contributed by atoms with Gasteiger partial charge in [-0.15, -0.1) is 0 Å². The van der Waals surface area contributed by atoms with Crippen molar-refractivity contribution in [3.63, 3.8) is 0 Å². The van der Waals surface area contributed by atoms with Gasteiger partial charge in [0.1, 0.15) is 5.60 Å². The Hall–Kier alpha value is -1.49. The van der Waals surface area contributed by atoms with E-state index >= 15 is 0 Å². The standard InChI is InChI=1S/C13H14F2O3/c14-12(15)7-6-10(8-12)13(18,11(16)17)9-4-2-1-3-5-9/h1-5,10,18H,6-8H2,(H,16,17)/p-1/t10-,13+/m1/s1. The molecule has 1 aliphatic rings. The summed E-state index contributed by atoms with van der Waals surface area (Å²) in [7, 11) is 0. The Morgan fingerprint density at radius 1 is 1.39 bits per heavy atom. The lowest BCUT2D eigenvalue weighted by Crippen LogP contribution is -2.50. The first kappa shape index (κ1) is 13.0. The van der Waals surface area contributed by atoms with Crippen LogP contribution < -0.4 is 5.11 Å². The van der Waals surface area contributed by atoms with Crippen LogP contribution in [0.3, 0.4) is 0 Å². The summed E-state index contributed by atoms with van der Waals surface area (Å²) in [5.41, 5.74) is -2.26. The van der Waals surface area contributed by atoms with Crippen LogP contribution in [0.15, 0.2) is 30.3 Å². The van der Waals surface area contributed by atoms with E-state index in [9.17, 15) is 23.8 Å². The number of carboxylic acid groups (broad SMARTS) is 1. The molecule has 0 aromatic heterocycles. The summed E-state index contributed by atoms with van der Waals surface area (Å²) < 4.78 is 26.4. The summed E-state index contributed by atoms with van der Waals surface area (Å²) in [6.45, 7) is 0. The molecule has 0 radical (unpaired) electrons. The summed E-state index contributed by atoms with van der Waals surface area (Å²) in [5.74, 6) is -5.67. The SMILES string of the molecule is O=C([O-])[C@](O)(c1ccccc1)[C@@H]1CCC(F)(F)C1. The Morgan fingerprint density at radius 3 is 2.44 bits per heavy atom. The quantitative estimate of drug-likeness (QED) is 0.878. The average Bonchev–Trinajstić information content (AvgIpc) is 2.70. The van der Waals surface area contributed by atoms with Crippen molar-refractivity contribution in [2.45, 2.75) is 30.8 Å². The highest BCUT2D eigenvalue weighted by atomic mass is 19.3. The van der Waals surface area contributed by atoms with E-state index < -0.39 is 36.3 Å². The van der Waals surface area contributed by atoms with E-state index in [-0.39, 0.29) is 12.0 Å². The van der Waals surface area contributed by atoms with Gasteiger partial charge >= 0.3 is 0 Å². The molecular weight excluding hydrogens is 242 g/mol. The van der Waals surface area contributed by atoms with Gasteiger partial charge in [0.25, 0.3) is 0 Å². The van der Waals surface area contributed by atoms with Crippen molar-refractivity contribution in [2.75, 3.05) is 0 Å². The molecule has 1 aromatic carbocycles. The molecule has 0 unspecified atom stereocenters. The van der Waals surface area contributed by atoms with Gasteiger partial charge in [0.15, 0.2) is 0 Å². The molecule has 1 aromatic rings. The van der Waals surface area contributed by atoms with Gasteiger partial charge in [0, 0.05) is 18.8 Å². The van der Waals surface area contributed by atoms with E-state index in [1.165, 1.54) is 12.1 Å². The van der Waals surface area contributed by atoms with E-state index in [4.69, 9.17) is 0 Å². The second-order valence-electron chi connectivity index (χ2n) is 4.72. The predicted molar refractivity (Wildman–Crippen MR) is 57.6 cm³/mol. The number of hydrogen-bond donors (Lipinski definition) is 1. The molecule has 5 heteroatoms. The highest BCUT2D eigenvalue weighted by Gasteiger charge is 2.50. The molecule has 1 aliphatic carbocycles. The summed E-state index contributed by atoms with van der Waals surface area (Å²) in [6.07, 6.45) is -1.07. The molecule has 18 heavy (non-hydrogen) atoms. The highest BCUT2D eigenvalue weighted by Crippen LogP contribution is 2.47. The van der Waals surface area contributed by atoms with Crippen LogP contribution in [-0.4, -0.2) is 17.0 Å². The molecular formula is C13H13F2O3-. The van der Waals surface area contributed by atoms with Crippen LogP contribution in [0.5, 0.6) is 0 Å². The van der Waals surface area contributed by atoms with Crippen LogP contribution in [0.4, 0.5) is 8.78 Å². The number of hydrogen-bond acceptors (Lipinski definition) is 3. The van der Waals surface area contributed by atoms with Crippen molar-refractivity contribution in [3.05, 3.63) is 35.9 Å². The van der Waals surface area contributed by atoms with Gasteiger partial charge in [0.05, 0.1) is 5.97 Å². The molecule has 0 spiro atoms. The Labute approximate surface area is 103 Å². The topological polar surface area (TPSA) is 60.4 Å². The summed E-state index contributed by atoms with van der Waals surface area (Å²) in [4.78, 5) is 11.2. The lowest BCUT2D eigenvalue weighted by atomic mass is 9.80. The molecule has 0 aliphatic heterocycles. The van der Waals surface area contributed by atoms with Crippen molar-refractivity contribution < 1.29 is 23.8 Å². The number of aliphatic carboxylic acids is 1. The normalized spacial score (nSPS) is 25.6. The maximum atomic E-state index is 13.2. The number of aliphatic hydroxyl groups is 1. The zero-order valence-electron chi connectivity index (χ0n) is 9.61. The van der Waals surface area contributed by atoms with Crippen molar-refractivity contribution in [1.29, 1.82) is 0 Å². The van der Waals surface area contributed by atoms with Gasteiger partial charge in [-0.3, -0.25) is 0 Å². The maximum absolute atomic E-state index is 13.2. The fourth-order valence-electron chi connectivity index (χ4n) is 2.52. The first-order valence-electron chi connectivity index (χ1n) is 5.73. The molecule has 0 amide bonds. The molecule has 1 saturated carbocycles. The minimum Gasteiger partial charge on any atom is -0.547 e. The Kier molecular flexibility index (Phi) is 3.11. The number of rotatable bonds is 3. The van der Waals surface area contributed by atoms with Gasteiger partial charge in [-0.25, -0.2) is 8.78 Å². The van der Waals surface area contributed by atoms with E-state index in [2.05, 4.69) is 0 Å². The number of carbonyl (C=O) groups is 1. The van der Waals surface area contributed by atoms with Gasteiger partial charge < -0.3 is 15.0 Å². The third-order valence-corrected chi connectivity index (χ3v) is 3.52. The molecule has 2 rings (SSSR count). The number of benzene rings is 1. The highest BCUT2D eigenvalue weighted by molar-refractivity contribution is 5.77.